The first-order valence-electron chi connectivity index (χ1n) is 12.0. The number of aliphatic hydroxyl groups is 1. The van der Waals surface area contributed by atoms with Gasteiger partial charge in [-0.1, -0.05) is 77.9 Å². The fourth-order valence-corrected chi connectivity index (χ4v) is 5.31. The van der Waals surface area contributed by atoms with Gasteiger partial charge in [-0.05, 0) is 53.4 Å². The van der Waals surface area contributed by atoms with E-state index in [1.165, 1.54) is 47.6 Å². The molecule has 0 bridgehead atoms. The Balaban J connectivity index is 0.000000329. The molecule has 5 heteroatoms. The number of fused-ring (bicyclic) bond motifs is 6. The third kappa shape index (κ3) is 4.10. The summed E-state index contributed by atoms with van der Waals surface area (Å²) in [5, 5.41) is 9.55. The van der Waals surface area contributed by atoms with Gasteiger partial charge in [0.15, 0.2) is 11.6 Å². The van der Waals surface area contributed by atoms with E-state index in [1.807, 2.05) is 36.4 Å². The summed E-state index contributed by atoms with van der Waals surface area (Å²) in [4.78, 5) is 28.3. The number of pyridine rings is 1. The Labute approximate surface area is 234 Å². The van der Waals surface area contributed by atoms with Crippen LogP contribution < -0.4 is 0 Å². The van der Waals surface area contributed by atoms with E-state index < -0.39 is 0 Å². The second-order valence-electron chi connectivity index (χ2n) is 9.21. The quantitative estimate of drug-likeness (QED) is 0.117. The van der Waals surface area contributed by atoms with Crippen molar-refractivity contribution in [3.63, 3.8) is 0 Å². The van der Waals surface area contributed by atoms with E-state index in [2.05, 4.69) is 54.6 Å². The summed E-state index contributed by atoms with van der Waals surface area (Å²) in [6.07, 6.45) is 1.17. The summed E-state index contributed by atoms with van der Waals surface area (Å²) >= 11 is 0. The Morgan fingerprint density at radius 3 is 2.03 bits per heavy atom. The molecule has 0 fully saturated rings. The van der Waals surface area contributed by atoms with Crippen LogP contribution in [0.5, 0.6) is 0 Å². The van der Waals surface area contributed by atoms with Crippen LogP contribution in [0.2, 0.25) is 0 Å². The summed E-state index contributed by atoms with van der Waals surface area (Å²) < 4.78 is 0. The SMILES string of the molecule is CC(=O)/C=C(/C)O.O=C1c2ccccc2-c2cc[c-]c(-c3cc4c5c(cccc5n3)-c3ccccc3-4)c21.[Ir]. The van der Waals surface area contributed by atoms with Gasteiger partial charge in [-0.3, -0.25) is 14.6 Å². The van der Waals surface area contributed by atoms with E-state index in [4.69, 9.17) is 10.1 Å². The molecule has 0 aliphatic heterocycles. The second-order valence-corrected chi connectivity index (χ2v) is 9.21. The van der Waals surface area contributed by atoms with Crippen molar-refractivity contribution in [3.05, 3.63) is 114 Å². The largest absolute Gasteiger partial charge is 0.512 e. The van der Waals surface area contributed by atoms with Crippen molar-refractivity contribution in [1.29, 1.82) is 0 Å². The molecule has 4 nitrogen and oxygen atoms in total. The molecule has 0 saturated carbocycles. The molecule has 0 atom stereocenters. The summed E-state index contributed by atoms with van der Waals surface area (Å²) in [5.74, 6) is -0.00702. The minimum atomic E-state index is -0.125. The van der Waals surface area contributed by atoms with Crippen molar-refractivity contribution in [3.8, 4) is 44.6 Å². The van der Waals surface area contributed by atoms with Crippen LogP contribution in [0, 0.1) is 6.07 Å². The number of nitrogens with zero attached hydrogens (tertiary/aromatic N) is 1. The molecule has 1 N–H and O–H groups in total. The fraction of sp³-hybridized carbons (Fsp3) is 0.0606. The number of ketones is 2. The van der Waals surface area contributed by atoms with Gasteiger partial charge in [0, 0.05) is 37.1 Å². The van der Waals surface area contributed by atoms with Crippen molar-refractivity contribution in [2.75, 3.05) is 0 Å². The second kappa shape index (κ2) is 9.94. The Hall–Kier alpha value is -4.18. The third-order valence-corrected chi connectivity index (χ3v) is 6.70. The molecule has 7 rings (SSSR count). The maximum atomic E-state index is 13.3. The monoisotopic (exact) mass is 673 g/mol. The normalized spacial score (nSPS) is 12.2. The van der Waals surface area contributed by atoms with Gasteiger partial charge in [0.1, 0.15) is 0 Å². The van der Waals surface area contributed by atoms with Gasteiger partial charge in [0.25, 0.3) is 0 Å². The number of hydrogen-bond donors (Lipinski definition) is 1. The number of carbonyl (C=O) groups excluding carboxylic acids is 2. The van der Waals surface area contributed by atoms with E-state index in [9.17, 15) is 9.59 Å². The van der Waals surface area contributed by atoms with Gasteiger partial charge in [-0.2, -0.15) is 0 Å². The summed E-state index contributed by atoms with van der Waals surface area (Å²) in [7, 11) is 0. The smallest absolute Gasteiger partial charge is 0.155 e. The van der Waals surface area contributed by atoms with Gasteiger partial charge in [0.2, 0.25) is 0 Å². The summed E-state index contributed by atoms with van der Waals surface area (Å²) in [6, 6.07) is 31.9. The molecule has 38 heavy (non-hydrogen) atoms. The van der Waals surface area contributed by atoms with E-state index in [-0.39, 0.29) is 37.4 Å². The molecule has 0 spiro atoms. The van der Waals surface area contributed by atoms with Crippen LogP contribution in [0.15, 0.2) is 96.8 Å². The zero-order chi connectivity index (χ0) is 25.7. The maximum Gasteiger partial charge on any atom is 0.155 e. The van der Waals surface area contributed by atoms with Gasteiger partial charge in [0.05, 0.1) is 11.3 Å². The molecular formula is C33H22IrNO3-. The third-order valence-electron chi connectivity index (χ3n) is 6.70. The number of rotatable bonds is 2. The minimum absolute atomic E-state index is 0. The predicted molar refractivity (Wildman–Crippen MR) is 146 cm³/mol. The zero-order valence-electron chi connectivity index (χ0n) is 20.7. The Bertz CT molecular complexity index is 1800. The van der Waals surface area contributed by atoms with Gasteiger partial charge < -0.3 is 5.11 Å². The summed E-state index contributed by atoms with van der Waals surface area (Å²) in [6.45, 7) is 2.85. The first kappa shape index (κ1) is 25.5. The van der Waals surface area contributed by atoms with E-state index in [0.29, 0.717) is 5.56 Å². The maximum absolute atomic E-state index is 13.3. The zero-order valence-corrected chi connectivity index (χ0v) is 23.1. The number of carbonyl (C=O) groups is 2. The van der Waals surface area contributed by atoms with Gasteiger partial charge >= 0.3 is 0 Å². The molecule has 2 aliphatic carbocycles. The van der Waals surface area contributed by atoms with Crippen molar-refractivity contribution in [1.82, 2.24) is 4.98 Å². The summed E-state index contributed by atoms with van der Waals surface area (Å²) in [5.41, 5.74) is 10.8. The fourth-order valence-electron chi connectivity index (χ4n) is 5.31. The van der Waals surface area contributed by atoms with Crippen LogP contribution in [0.1, 0.15) is 29.8 Å². The van der Waals surface area contributed by atoms with Gasteiger partial charge in [-0.25, -0.2) is 0 Å². The molecule has 5 aromatic rings. The van der Waals surface area contributed by atoms with Crippen LogP contribution in [-0.2, 0) is 24.9 Å². The molecule has 0 saturated heterocycles. The molecule has 0 unspecified atom stereocenters. The molecule has 1 heterocycles. The first-order chi connectivity index (χ1) is 17.9. The van der Waals surface area contributed by atoms with Gasteiger partial charge in [-0.15, -0.1) is 23.8 Å². The van der Waals surface area contributed by atoms with Crippen molar-refractivity contribution in [2.24, 2.45) is 0 Å². The average molecular weight is 673 g/mol. The Morgan fingerprint density at radius 1 is 0.789 bits per heavy atom. The number of aromatic nitrogens is 1. The number of hydrogen-bond acceptors (Lipinski definition) is 4. The molecule has 4 aromatic carbocycles. The number of allylic oxidation sites excluding steroid dienone is 2. The van der Waals surface area contributed by atoms with Crippen LogP contribution >= 0.6 is 0 Å². The molecule has 1 aromatic heterocycles. The molecule has 0 amide bonds. The van der Waals surface area contributed by atoms with Crippen LogP contribution in [-0.4, -0.2) is 21.7 Å². The average Bonchev–Trinajstić information content (AvgIpc) is 3.38. The Kier molecular flexibility index (Phi) is 6.66. The van der Waals surface area contributed by atoms with Crippen LogP contribution in [0.25, 0.3) is 55.5 Å². The molecular weight excluding hydrogens is 651 g/mol. The molecule has 2 aliphatic rings. The van der Waals surface area contributed by atoms with Crippen molar-refractivity contribution >= 4 is 22.5 Å². The van der Waals surface area contributed by atoms with Crippen LogP contribution in [0.3, 0.4) is 0 Å². The van der Waals surface area contributed by atoms with E-state index >= 15 is 0 Å². The number of aliphatic hydroxyl groups excluding tert-OH is 1. The Morgan fingerprint density at radius 2 is 1.39 bits per heavy atom. The van der Waals surface area contributed by atoms with Crippen molar-refractivity contribution < 1.29 is 34.8 Å². The molecule has 1 radical (unpaired) electrons. The topological polar surface area (TPSA) is 67.3 Å². The standard InChI is InChI=1S/C28H14NO.C5H8O2.Ir/c30-28-21-10-4-3-9-18(21)20-11-5-13-22(27(20)28)25-15-23-17-8-2-1-7-16(17)19-12-6-14-24(29-25)26(19)23;1-4(6)3-5(2)7;/h1-12,14-15H;3,6H,1-2H3;/q-1;;/b;4-3-;. The van der Waals surface area contributed by atoms with E-state index in [1.54, 1.807) is 0 Å². The molecule has 187 valence electrons. The minimum Gasteiger partial charge on any atom is -0.512 e. The number of benzene rings is 4. The van der Waals surface area contributed by atoms with Crippen molar-refractivity contribution in [2.45, 2.75) is 13.8 Å². The van der Waals surface area contributed by atoms with Crippen LogP contribution in [0.4, 0.5) is 0 Å². The predicted octanol–water partition coefficient (Wildman–Crippen LogP) is 7.60. The first-order valence-corrected chi connectivity index (χ1v) is 12.0. The van der Waals surface area contributed by atoms with E-state index in [0.717, 1.165) is 33.5 Å².